The molecular formula is C16H25IN6O2S. The lowest BCUT2D eigenvalue weighted by molar-refractivity contribution is 0.570. The van der Waals surface area contributed by atoms with E-state index in [2.05, 4.69) is 25.4 Å². The van der Waals surface area contributed by atoms with Crippen molar-refractivity contribution in [3.63, 3.8) is 0 Å². The molecule has 0 amide bonds. The molecule has 1 aromatic carbocycles. The number of halogens is 1. The quantitative estimate of drug-likeness (QED) is 0.225. The first-order valence-corrected chi connectivity index (χ1v) is 9.85. The van der Waals surface area contributed by atoms with E-state index in [0.29, 0.717) is 18.2 Å². The number of hydrogen-bond donors (Lipinski definition) is 3. The van der Waals surface area contributed by atoms with Crippen LogP contribution in [0.4, 0.5) is 5.69 Å². The third-order valence-corrected chi connectivity index (χ3v) is 3.99. The van der Waals surface area contributed by atoms with Crippen molar-refractivity contribution >= 4 is 45.6 Å². The van der Waals surface area contributed by atoms with Crippen molar-refractivity contribution in [1.82, 2.24) is 20.4 Å². The molecule has 0 atom stereocenters. The minimum absolute atomic E-state index is 0. The summed E-state index contributed by atoms with van der Waals surface area (Å²) in [6.45, 7) is 2.04. The first-order chi connectivity index (χ1) is 12.0. The number of sulfonamides is 1. The highest BCUT2D eigenvalue weighted by atomic mass is 127. The molecule has 0 aliphatic carbocycles. The monoisotopic (exact) mass is 492 g/mol. The van der Waals surface area contributed by atoms with Crippen LogP contribution >= 0.6 is 24.0 Å². The maximum Gasteiger partial charge on any atom is 0.229 e. The molecule has 0 aliphatic rings. The molecule has 1 heterocycles. The molecule has 144 valence electrons. The highest BCUT2D eigenvalue weighted by Gasteiger charge is 2.07. The van der Waals surface area contributed by atoms with E-state index in [1.54, 1.807) is 25.4 Å². The normalized spacial score (nSPS) is 11.5. The Labute approximate surface area is 171 Å². The largest absolute Gasteiger partial charge is 0.356 e. The number of benzene rings is 1. The summed E-state index contributed by atoms with van der Waals surface area (Å²) in [5.41, 5.74) is 1.40. The summed E-state index contributed by atoms with van der Waals surface area (Å²) in [7, 11) is -1.62. The first kappa shape index (κ1) is 22.2. The summed E-state index contributed by atoms with van der Waals surface area (Å²) in [6, 6.07) is 9.16. The second kappa shape index (κ2) is 11.0. The summed E-state index contributed by atoms with van der Waals surface area (Å²) in [4.78, 5) is 4.18. The number of rotatable bonds is 8. The standard InChI is InChI=1S/C16H24N6O2S.HI/c1-17-16(18-9-5-11-22-12-6-10-20-22)19-13-14-7-3-4-8-15(14)21-25(2,23)24;/h3-4,6-8,10,12,21H,5,9,11,13H2,1-2H3,(H2,17,18,19);1H. The smallest absolute Gasteiger partial charge is 0.229 e. The molecule has 0 fully saturated rings. The zero-order valence-corrected chi connectivity index (χ0v) is 18.0. The van der Waals surface area contributed by atoms with Gasteiger partial charge in [0.15, 0.2) is 5.96 Å². The van der Waals surface area contributed by atoms with Crippen molar-refractivity contribution in [2.75, 3.05) is 24.6 Å². The summed E-state index contributed by atoms with van der Waals surface area (Å²) in [6.07, 6.45) is 5.74. The molecular weight excluding hydrogens is 467 g/mol. The molecule has 0 aliphatic heterocycles. The first-order valence-electron chi connectivity index (χ1n) is 7.95. The SMILES string of the molecule is CN=C(NCCCn1cccn1)NCc1ccccc1NS(C)(=O)=O.I. The molecule has 26 heavy (non-hydrogen) atoms. The summed E-state index contributed by atoms with van der Waals surface area (Å²) in [5, 5.41) is 10.6. The fraction of sp³-hybridized carbons (Fsp3) is 0.375. The van der Waals surface area contributed by atoms with E-state index >= 15 is 0 Å². The minimum atomic E-state index is -3.31. The Bertz CT molecular complexity index is 793. The number of aromatic nitrogens is 2. The summed E-state index contributed by atoms with van der Waals surface area (Å²) >= 11 is 0. The molecule has 2 aromatic rings. The highest BCUT2D eigenvalue weighted by Crippen LogP contribution is 2.15. The van der Waals surface area contributed by atoms with Crippen molar-refractivity contribution < 1.29 is 8.42 Å². The van der Waals surface area contributed by atoms with E-state index in [9.17, 15) is 8.42 Å². The second-order valence-electron chi connectivity index (χ2n) is 5.51. The fourth-order valence-electron chi connectivity index (χ4n) is 2.25. The Morgan fingerprint density at radius 3 is 2.65 bits per heavy atom. The van der Waals surface area contributed by atoms with Crippen LogP contribution in [-0.4, -0.2) is 44.0 Å². The summed E-state index contributed by atoms with van der Waals surface area (Å²) in [5.74, 6) is 0.662. The van der Waals surface area contributed by atoms with Gasteiger partial charge in [0, 0.05) is 39.1 Å². The van der Waals surface area contributed by atoms with Gasteiger partial charge in [-0.05, 0) is 24.1 Å². The lowest BCUT2D eigenvalue weighted by atomic mass is 10.2. The number of para-hydroxylation sites is 1. The molecule has 2 rings (SSSR count). The maximum atomic E-state index is 11.4. The molecule has 0 saturated heterocycles. The van der Waals surface area contributed by atoms with Crippen molar-refractivity contribution in [2.45, 2.75) is 19.5 Å². The van der Waals surface area contributed by atoms with Crippen molar-refractivity contribution in [3.8, 4) is 0 Å². The van der Waals surface area contributed by atoms with Crippen LogP contribution in [0.1, 0.15) is 12.0 Å². The van der Waals surface area contributed by atoms with E-state index < -0.39 is 10.0 Å². The van der Waals surface area contributed by atoms with Crippen LogP contribution in [0.5, 0.6) is 0 Å². The molecule has 0 unspecified atom stereocenters. The maximum absolute atomic E-state index is 11.4. The average molecular weight is 492 g/mol. The Kier molecular flexibility index (Phi) is 9.41. The van der Waals surface area contributed by atoms with Gasteiger partial charge in [0.05, 0.1) is 11.9 Å². The van der Waals surface area contributed by atoms with Crippen LogP contribution in [0.25, 0.3) is 0 Å². The van der Waals surface area contributed by atoms with Crippen LogP contribution in [0.2, 0.25) is 0 Å². The van der Waals surface area contributed by atoms with Gasteiger partial charge in [-0.2, -0.15) is 5.10 Å². The van der Waals surface area contributed by atoms with Crippen molar-refractivity contribution in [2.24, 2.45) is 4.99 Å². The number of aliphatic imine (C=N–C) groups is 1. The van der Waals surface area contributed by atoms with Crippen LogP contribution in [0.3, 0.4) is 0 Å². The Hall–Kier alpha value is -1.82. The molecule has 8 nitrogen and oxygen atoms in total. The number of nitrogens with zero attached hydrogens (tertiary/aromatic N) is 3. The zero-order chi connectivity index (χ0) is 18.1. The van der Waals surface area contributed by atoms with Crippen LogP contribution in [0, 0.1) is 0 Å². The van der Waals surface area contributed by atoms with Gasteiger partial charge in [-0.25, -0.2) is 8.42 Å². The number of guanidine groups is 1. The summed E-state index contributed by atoms with van der Waals surface area (Å²) < 4.78 is 27.3. The topological polar surface area (TPSA) is 100 Å². The van der Waals surface area contributed by atoms with Crippen LogP contribution in [-0.2, 0) is 23.1 Å². The van der Waals surface area contributed by atoms with Gasteiger partial charge in [-0.15, -0.1) is 24.0 Å². The second-order valence-corrected chi connectivity index (χ2v) is 7.26. The van der Waals surface area contributed by atoms with E-state index in [1.165, 1.54) is 0 Å². The lowest BCUT2D eigenvalue weighted by Gasteiger charge is -2.14. The molecule has 1 aromatic heterocycles. The molecule has 0 bridgehead atoms. The van der Waals surface area contributed by atoms with E-state index in [0.717, 1.165) is 31.3 Å². The molecule has 0 spiro atoms. The molecule has 0 radical (unpaired) electrons. The van der Waals surface area contributed by atoms with Gasteiger partial charge < -0.3 is 10.6 Å². The van der Waals surface area contributed by atoms with Crippen molar-refractivity contribution in [3.05, 3.63) is 48.3 Å². The van der Waals surface area contributed by atoms with E-state index in [1.807, 2.05) is 29.1 Å². The van der Waals surface area contributed by atoms with Crippen LogP contribution < -0.4 is 15.4 Å². The zero-order valence-electron chi connectivity index (χ0n) is 14.8. The van der Waals surface area contributed by atoms with Gasteiger partial charge in [0.25, 0.3) is 0 Å². The predicted molar refractivity (Wildman–Crippen MR) is 115 cm³/mol. The number of nitrogens with one attached hydrogen (secondary N) is 3. The van der Waals surface area contributed by atoms with Crippen molar-refractivity contribution in [1.29, 1.82) is 0 Å². The van der Waals surface area contributed by atoms with E-state index in [4.69, 9.17) is 0 Å². The molecule has 0 saturated carbocycles. The Morgan fingerprint density at radius 1 is 1.23 bits per heavy atom. The minimum Gasteiger partial charge on any atom is -0.356 e. The van der Waals surface area contributed by atoms with Crippen LogP contribution in [0.15, 0.2) is 47.7 Å². The fourth-order valence-corrected chi connectivity index (χ4v) is 2.85. The van der Waals surface area contributed by atoms with Gasteiger partial charge in [0.2, 0.25) is 10.0 Å². The number of aryl methyl sites for hydroxylation is 1. The number of anilines is 1. The predicted octanol–water partition coefficient (Wildman–Crippen LogP) is 1.63. The van der Waals surface area contributed by atoms with E-state index in [-0.39, 0.29) is 24.0 Å². The van der Waals surface area contributed by atoms with Gasteiger partial charge in [-0.3, -0.25) is 14.4 Å². The Morgan fingerprint density at radius 2 is 2.00 bits per heavy atom. The average Bonchev–Trinajstić information content (AvgIpc) is 3.07. The lowest BCUT2D eigenvalue weighted by Crippen LogP contribution is -2.37. The number of hydrogen-bond acceptors (Lipinski definition) is 4. The molecule has 10 heteroatoms. The molecule has 3 N–H and O–H groups in total. The highest BCUT2D eigenvalue weighted by molar-refractivity contribution is 14.0. The third-order valence-electron chi connectivity index (χ3n) is 3.40. The Balaban J connectivity index is 0.00000338. The van der Waals surface area contributed by atoms with Gasteiger partial charge in [-0.1, -0.05) is 18.2 Å². The third kappa shape index (κ3) is 8.04. The van der Waals surface area contributed by atoms with Gasteiger partial charge >= 0.3 is 0 Å². The van der Waals surface area contributed by atoms with Gasteiger partial charge in [0.1, 0.15) is 0 Å².